The van der Waals surface area contributed by atoms with E-state index < -0.39 is 10.0 Å². The van der Waals surface area contributed by atoms with Gasteiger partial charge in [-0.25, -0.2) is 13.1 Å². The molecule has 106 valence electrons. The molecule has 0 radical (unpaired) electrons. The number of benzene rings is 2. The first kappa shape index (κ1) is 15.0. The van der Waals surface area contributed by atoms with Crippen molar-refractivity contribution in [3.05, 3.63) is 64.7 Å². The monoisotopic (exact) mass is 310 g/mol. The minimum Gasteiger partial charge on any atom is -0.326 e. The highest BCUT2D eigenvalue weighted by molar-refractivity contribution is 7.89. The number of halogens is 1. The van der Waals surface area contributed by atoms with Crippen LogP contribution in [0.1, 0.15) is 11.1 Å². The molecule has 0 bridgehead atoms. The number of nitrogens with two attached hydrogens (primary N) is 1. The smallest absolute Gasteiger partial charge is 0.240 e. The van der Waals surface area contributed by atoms with Gasteiger partial charge in [0.15, 0.2) is 0 Å². The van der Waals surface area contributed by atoms with Crippen molar-refractivity contribution in [3.63, 3.8) is 0 Å². The van der Waals surface area contributed by atoms with Crippen LogP contribution >= 0.6 is 11.6 Å². The van der Waals surface area contributed by atoms with E-state index in [-0.39, 0.29) is 11.4 Å². The summed E-state index contributed by atoms with van der Waals surface area (Å²) in [6.45, 7) is 0.513. The second-order valence-electron chi connectivity index (χ2n) is 4.27. The van der Waals surface area contributed by atoms with E-state index in [9.17, 15) is 8.42 Å². The normalized spacial score (nSPS) is 11.5. The van der Waals surface area contributed by atoms with E-state index in [0.29, 0.717) is 11.6 Å². The van der Waals surface area contributed by atoms with E-state index in [0.717, 1.165) is 11.1 Å². The summed E-state index contributed by atoms with van der Waals surface area (Å²) in [5, 5.41) is 0.585. The molecule has 0 fully saturated rings. The van der Waals surface area contributed by atoms with E-state index in [2.05, 4.69) is 4.72 Å². The summed E-state index contributed by atoms with van der Waals surface area (Å²) in [4.78, 5) is 0.244. The first-order valence-corrected chi connectivity index (χ1v) is 7.91. The van der Waals surface area contributed by atoms with Gasteiger partial charge in [0.05, 0.1) is 4.90 Å². The molecule has 0 spiro atoms. The third-order valence-electron chi connectivity index (χ3n) is 2.85. The van der Waals surface area contributed by atoms with E-state index in [1.54, 1.807) is 48.5 Å². The Balaban J connectivity index is 2.13. The van der Waals surface area contributed by atoms with Crippen molar-refractivity contribution >= 4 is 21.6 Å². The highest BCUT2D eigenvalue weighted by Gasteiger charge is 2.12. The van der Waals surface area contributed by atoms with Crippen LogP contribution in [0.3, 0.4) is 0 Å². The van der Waals surface area contributed by atoms with Crippen molar-refractivity contribution in [1.29, 1.82) is 0 Å². The van der Waals surface area contributed by atoms with E-state index >= 15 is 0 Å². The van der Waals surface area contributed by atoms with E-state index in [1.807, 2.05) is 0 Å². The van der Waals surface area contributed by atoms with E-state index in [4.69, 9.17) is 17.3 Å². The van der Waals surface area contributed by atoms with Gasteiger partial charge >= 0.3 is 0 Å². The van der Waals surface area contributed by atoms with Gasteiger partial charge in [0.1, 0.15) is 0 Å². The van der Waals surface area contributed by atoms with Gasteiger partial charge in [-0.15, -0.1) is 0 Å². The number of rotatable bonds is 5. The third-order valence-corrected chi connectivity index (χ3v) is 4.64. The molecule has 0 unspecified atom stereocenters. The Morgan fingerprint density at radius 3 is 2.45 bits per heavy atom. The van der Waals surface area contributed by atoms with Crippen LogP contribution in [0, 0.1) is 0 Å². The van der Waals surface area contributed by atoms with Gasteiger partial charge in [-0.05, 0) is 29.3 Å². The molecule has 0 saturated heterocycles. The molecule has 0 aliphatic heterocycles. The second kappa shape index (κ2) is 6.37. The Kier molecular flexibility index (Phi) is 4.77. The fraction of sp³-hybridized carbons (Fsp3) is 0.143. The lowest BCUT2D eigenvalue weighted by Crippen LogP contribution is -2.23. The van der Waals surface area contributed by atoms with Gasteiger partial charge in [-0.2, -0.15) is 0 Å². The lowest BCUT2D eigenvalue weighted by molar-refractivity contribution is 0.581. The summed E-state index contributed by atoms with van der Waals surface area (Å²) in [5.74, 6) is 0. The van der Waals surface area contributed by atoms with Crippen molar-refractivity contribution in [3.8, 4) is 0 Å². The molecule has 0 saturated carbocycles. The third kappa shape index (κ3) is 3.58. The molecular weight excluding hydrogens is 296 g/mol. The van der Waals surface area contributed by atoms with Crippen LogP contribution in [0.25, 0.3) is 0 Å². The molecule has 0 amide bonds. The number of nitrogens with one attached hydrogen (secondary N) is 1. The zero-order valence-corrected chi connectivity index (χ0v) is 12.3. The molecule has 0 heterocycles. The predicted octanol–water partition coefficient (Wildman–Crippen LogP) is 2.28. The maximum atomic E-state index is 12.1. The first-order chi connectivity index (χ1) is 9.53. The Morgan fingerprint density at radius 1 is 1.10 bits per heavy atom. The minimum atomic E-state index is -3.50. The molecular formula is C14H15ClN2O2S. The predicted molar refractivity (Wildman–Crippen MR) is 79.8 cm³/mol. The lowest BCUT2D eigenvalue weighted by atomic mass is 10.1. The van der Waals surface area contributed by atoms with Crippen molar-refractivity contribution in [2.45, 2.75) is 18.0 Å². The standard InChI is InChI=1S/C14H15ClN2O2S/c15-14-7-6-11(8-12(14)9-16)10-17-20(18,19)13-4-2-1-3-5-13/h1-8,17H,9-10,16H2. The summed E-state index contributed by atoms with van der Waals surface area (Å²) in [6, 6.07) is 13.5. The Labute approximate surface area is 123 Å². The summed E-state index contributed by atoms with van der Waals surface area (Å²) in [6.07, 6.45) is 0. The highest BCUT2D eigenvalue weighted by Crippen LogP contribution is 2.17. The second-order valence-corrected chi connectivity index (χ2v) is 6.44. The summed E-state index contributed by atoms with van der Waals surface area (Å²) < 4.78 is 26.7. The van der Waals surface area contributed by atoms with Gasteiger partial charge in [-0.3, -0.25) is 0 Å². The first-order valence-electron chi connectivity index (χ1n) is 6.05. The van der Waals surface area contributed by atoms with Crippen molar-refractivity contribution in [2.75, 3.05) is 0 Å². The largest absolute Gasteiger partial charge is 0.326 e. The molecule has 0 atom stereocenters. The molecule has 0 aromatic heterocycles. The number of hydrogen-bond donors (Lipinski definition) is 2. The summed E-state index contributed by atoms with van der Waals surface area (Å²) in [5.41, 5.74) is 7.18. The zero-order chi connectivity index (χ0) is 14.6. The molecule has 0 aliphatic rings. The molecule has 4 nitrogen and oxygen atoms in total. The average molecular weight is 311 g/mol. The molecule has 20 heavy (non-hydrogen) atoms. The fourth-order valence-corrected chi connectivity index (χ4v) is 2.99. The van der Waals surface area contributed by atoms with Crippen LogP contribution in [0.2, 0.25) is 5.02 Å². The SMILES string of the molecule is NCc1cc(CNS(=O)(=O)c2ccccc2)ccc1Cl. The Hall–Kier alpha value is -1.40. The van der Waals surface area contributed by atoms with Gasteiger partial charge in [-0.1, -0.05) is 41.9 Å². The van der Waals surface area contributed by atoms with E-state index in [1.165, 1.54) is 0 Å². The minimum absolute atomic E-state index is 0.196. The summed E-state index contributed by atoms with van der Waals surface area (Å²) in [7, 11) is -3.50. The lowest BCUT2D eigenvalue weighted by Gasteiger charge is -2.08. The van der Waals surface area contributed by atoms with Gasteiger partial charge in [0.25, 0.3) is 0 Å². The molecule has 6 heteroatoms. The van der Waals surface area contributed by atoms with Gasteiger partial charge in [0.2, 0.25) is 10.0 Å². The maximum Gasteiger partial charge on any atom is 0.240 e. The van der Waals surface area contributed by atoms with Crippen LogP contribution in [0.4, 0.5) is 0 Å². The Bertz CT molecular complexity index is 688. The van der Waals surface area contributed by atoms with Crippen LogP contribution < -0.4 is 10.5 Å². The van der Waals surface area contributed by atoms with Gasteiger partial charge < -0.3 is 5.73 Å². The van der Waals surface area contributed by atoms with Crippen molar-refractivity contribution in [1.82, 2.24) is 4.72 Å². The zero-order valence-electron chi connectivity index (χ0n) is 10.7. The topological polar surface area (TPSA) is 72.2 Å². The average Bonchev–Trinajstić information content (AvgIpc) is 2.47. The van der Waals surface area contributed by atoms with Crippen LogP contribution in [-0.2, 0) is 23.1 Å². The number of hydrogen-bond acceptors (Lipinski definition) is 3. The van der Waals surface area contributed by atoms with Crippen molar-refractivity contribution < 1.29 is 8.42 Å². The summed E-state index contributed by atoms with van der Waals surface area (Å²) >= 11 is 5.96. The van der Waals surface area contributed by atoms with Crippen molar-refractivity contribution in [2.24, 2.45) is 5.73 Å². The number of sulfonamides is 1. The fourth-order valence-electron chi connectivity index (χ4n) is 1.76. The highest BCUT2D eigenvalue weighted by atomic mass is 35.5. The maximum absolute atomic E-state index is 12.1. The van der Waals surface area contributed by atoms with Gasteiger partial charge in [0, 0.05) is 18.1 Å². The molecule has 2 aromatic carbocycles. The molecule has 3 N–H and O–H groups in total. The van der Waals surface area contributed by atoms with Crippen LogP contribution in [0.15, 0.2) is 53.4 Å². The molecule has 2 aromatic rings. The van der Waals surface area contributed by atoms with Crippen LogP contribution in [-0.4, -0.2) is 8.42 Å². The molecule has 2 rings (SSSR count). The Morgan fingerprint density at radius 2 is 1.80 bits per heavy atom. The quantitative estimate of drug-likeness (QED) is 0.890. The molecule has 0 aliphatic carbocycles. The van der Waals surface area contributed by atoms with Crippen LogP contribution in [0.5, 0.6) is 0 Å².